The molecule has 0 aliphatic heterocycles. The van der Waals surface area contributed by atoms with Crippen molar-refractivity contribution in [2.24, 2.45) is 5.73 Å². The minimum Gasteiger partial charge on any atom is -0.394 e. The van der Waals surface area contributed by atoms with Gasteiger partial charge in [-0.15, -0.1) is 0 Å². The highest BCUT2D eigenvalue weighted by Gasteiger charge is 2.18. The monoisotopic (exact) mass is 341 g/mol. The Hall–Kier alpha value is -1.75. The van der Waals surface area contributed by atoms with E-state index in [0.717, 1.165) is 0 Å². The van der Waals surface area contributed by atoms with Gasteiger partial charge in [-0.2, -0.15) is 5.10 Å². The second-order valence-corrected chi connectivity index (χ2v) is 6.01. The molecule has 2 atom stereocenters. The fourth-order valence-electron chi connectivity index (χ4n) is 1.87. The SMILES string of the molecule is CCC(Sc1ncnc2c1cnn2COCC(O)CO)C(N)=O. The molecule has 2 heterocycles. The molecule has 4 N–H and O–H groups in total. The third-order valence-corrected chi connectivity index (χ3v) is 4.47. The van der Waals surface area contributed by atoms with E-state index in [1.807, 2.05) is 6.92 Å². The second-order valence-electron chi connectivity index (χ2n) is 4.81. The summed E-state index contributed by atoms with van der Waals surface area (Å²) in [4.78, 5) is 19.7. The van der Waals surface area contributed by atoms with Crippen LogP contribution in [0, 0.1) is 0 Å². The summed E-state index contributed by atoms with van der Waals surface area (Å²) in [7, 11) is 0. The summed E-state index contributed by atoms with van der Waals surface area (Å²) >= 11 is 1.28. The molecule has 23 heavy (non-hydrogen) atoms. The minimum atomic E-state index is -0.932. The summed E-state index contributed by atoms with van der Waals surface area (Å²) in [6.45, 7) is 1.58. The molecule has 0 aliphatic rings. The van der Waals surface area contributed by atoms with Crippen LogP contribution in [0.5, 0.6) is 0 Å². The zero-order chi connectivity index (χ0) is 16.8. The number of aliphatic hydroxyl groups is 2. The van der Waals surface area contributed by atoms with Gasteiger partial charge < -0.3 is 20.7 Å². The average molecular weight is 341 g/mol. The number of nitrogens with zero attached hydrogens (tertiary/aromatic N) is 4. The predicted molar refractivity (Wildman–Crippen MR) is 83.5 cm³/mol. The number of nitrogens with two attached hydrogens (primary N) is 1. The Morgan fingerprint density at radius 3 is 2.96 bits per heavy atom. The normalized spacial score (nSPS) is 14.0. The lowest BCUT2D eigenvalue weighted by Gasteiger charge is -2.10. The van der Waals surface area contributed by atoms with E-state index >= 15 is 0 Å². The summed E-state index contributed by atoms with van der Waals surface area (Å²) in [6.07, 6.45) is 2.65. The standard InChI is InChI=1S/C13H19N5O4S/c1-2-10(11(14)21)23-13-9-3-17-18(12(9)15-6-16-13)7-22-5-8(20)4-19/h3,6,8,10,19-20H,2,4-5,7H2,1H3,(H2,14,21). The second kappa shape index (κ2) is 8.20. The van der Waals surface area contributed by atoms with Gasteiger partial charge in [-0.3, -0.25) is 4.79 Å². The zero-order valence-electron chi connectivity index (χ0n) is 12.6. The summed E-state index contributed by atoms with van der Waals surface area (Å²) < 4.78 is 6.78. The smallest absolute Gasteiger partial charge is 0.230 e. The first-order valence-corrected chi connectivity index (χ1v) is 7.93. The van der Waals surface area contributed by atoms with Gasteiger partial charge in [0.1, 0.15) is 24.2 Å². The largest absolute Gasteiger partial charge is 0.394 e. The molecular weight excluding hydrogens is 322 g/mol. The van der Waals surface area contributed by atoms with Crippen molar-refractivity contribution in [1.29, 1.82) is 0 Å². The molecule has 0 saturated carbocycles. The first-order chi connectivity index (χ1) is 11.1. The maximum Gasteiger partial charge on any atom is 0.230 e. The fraction of sp³-hybridized carbons (Fsp3) is 0.538. The number of hydrogen-bond donors (Lipinski definition) is 3. The molecule has 2 unspecified atom stereocenters. The van der Waals surface area contributed by atoms with Crippen LogP contribution in [0.25, 0.3) is 11.0 Å². The molecule has 0 saturated heterocycles. The van der Waals surface area contributed by atoms with E-state index in [-0.39, 0.29) is 25.2 Å². The molecule has 0 aliphatic carbocycles. The number of carbonyl (C=O) groups excluding carboxylic acids is 1. The van der Waals surface area contributed by atoms with Crippen molar-refractivity contribution in [3.05, 3.63) is 12.5 Å². The van der Waals surface area contributed by atoms with Crippen LogP contribution in [-0.2, 0) is 16.3 Å². The Morgan fingerprint density at radius 2 is 2.30 bits per heavy atom. The van der Waals surface area contributed by atoms with Gasteiger partial charge >= 0.3 is 0 Å². The number of carbonyl (C=O) groups is 1. The van der Waals surface area contributed by atoms with Crippen LogP contribution in [0.1, 0.15) is 13.3 Å². The lowest BCUT2D eigenvalue weighted by molar-refractivity contribution is -0.117. The number of amides is 1. The Bertz CT molecular complexity index is 665. The van der Waals surface area contributed by atoms with Crippen LogP contribution < -0.4 is 5.73 Å². The number of rotatable bonds is 9. The third-order valence-electron chi connectivity index (χ3n) is 3.07. The van der Waals surface area contributed by atoms with Crippen molar-refractivity contribution in [3.63, 3.8) is 0 Å². The molecule has 9 nitrogen and oxygen atoms in total. The highest BCUT2D eigenvalue weighted by atomic mass is 32.2. The van der Waals surface area contributed by atoms with E-state index in [9.17, 15) is 9.90 Å². The number of thioether (sulfide) groups is 1. The molecule has 0 fully saturated rings. The highest BCUT2D eigenvalue weighted by Crippen LogP contribution is 2.29. The van der Waals surface area contributed by atoms with Crippen LogP contribution in [-0.4, -0.2) is 60.4 Å². The molecule has 2 rings (SSSR count). The lowest BCUT2D eigenvalue weighted by atomic mass is 10.3. The molecule has 0 radical (unpaired) electrons. The molecule has 0 aromatic carbocycles. The molecule has 10 heteroatoms. The fourth-order valence-corrected chi connectivity index (χ4v) is 2.80. The van der Waals surface area contributed by atoms with Gasteiger partial charge in [0.25, 0.3) is 0 Å². The average Bonchev–Trinajstić information content (AvgIpc) is 2.96. The minimum absolute atomic E-state index is 0.00979. The van der Waals surface area contributed by atoms with E-state index < -0.39 is 12.0 Å². The van der Waals surface area contributed by atoms with Crippen molar-refractivity contribution in [3.8, 4) is 0 Å². The quantitative estimate of drug-likeness (QED) is 0.410. The van der Waals surface area contributed by atoms with E-state index in [4.69, 9.17) is 15.6 Å². The van der Waals surface area contributed by atoms with E-state index in [1.54, 1.807) is 6.20 Å². The van der Waals surface area contributed by atoms with Crippen LogP contribution in [0.15, 0.2) is 17.6 Å². The lowest BCUT2D eigenvalue weighted by Crippen LogP contribution is -2.24. The van der Waals surface area contributed by atoms with Gasteiger partial charge in [-0.05, 0) is 6.42 Å². The number of ether oxygens (including phenoxy) is 1. The first kappa shape index (κ1) is 17.6. The number of aromatic nitrogens is 4. The third kappa shape index (κ3) is 4.38. The number of hydrogen-bond acceptors (Lipinski definition) is 8. The van der Waals surface area contributed by atoms with Gasteiger partial charge in [0.2, 0.25) is 5.91 Å². The Labute approximate surface area is 136 Å². The van der Waals surface area contributed by atoms with Crippen LogP contribution in [0.4, 0.5) is 0 Å². The molecule has 0 spiro atoms. The zero-order valence-corrected chi connectivity index (χ0v) is 13.4. The Morgan fingerprint density at radius 1 is 1.52 bits per heavy atom. The maximum absolute atomic E-state index is 11.4. The van der Waals surface area contributed by atoms with Gasteiger partial charge in [-0.25, -0.2) is 14.6 Å². The number of aliphatic hydroxyl groups excluding tert-OH is 2. The summed E-state index contributed by atoms with van der Waals surface area (Å²) in [6, 6.07) is 0. The van der Waals surface area contributed by atoms with E-state index in [0.29, 0.717) is 22.5 Å². The van der Waals surface area contributed by atoms with Crippen LogP contribution in [0.2, 0.25) is 0 Å². The molecule has 2 aromatic heterocycles. The van der Waals surface area contributed by atoms with E-state index in [2.05, 4.69) is 15.1 Å². The molecule has 126 valence electrons. The molecular formula is C13H19N5O4S. The van der Waals surface area contributed by atoms with E-state index in [1.165, 1.54) is 22.8 Å². The van der Waals surface area contributed by atoms with Crippen molar-refractivity contribution < 1.29 is 19.7 Å². The van der Waals surface area contributed by atoms with Crippen LogP contribution >= 0.6 is 11.8 Å². The van der Waals surface area contributed by atoms with Crippen LogP contribution in [0.3, 0.4) is 0 Å². The van der Waals surface area contributed by atoms with Gasteiger partial charge in [-0.1, -0.05) is 18.7 Å². The summed E-state index contributed by atoms with van der Waals surface area (Å²) in [5.41, 5.74) is 5.92. The topological polar surface area (TPSA) is 136 Å². The molecule has 0 bridgehead atoms. The van der Waals surface area contributed by atoms with Crippen molar-refractivity contribution in [1.82, 2.24) is 19.7 Å². The maximum atomic E-state index is 11.4. The predicted octanol–water partition coefficient (Wildman–Crippen LogP) is -0.490. The van der Waals surface area contributed by atoms with Gasteiger partial charge in [0.15, 0.2) is 5.65 Å². The number of fused-ring (bicyclic) bond motifs is 1. The van der Waals surface area contributed by atoms with Gasteiger partial charge in [0, 0.05) is 0 Å². The first-order valence-electron chi connectivity index (χ1n) is 7.06. The Balaban J connectivity index is 2.15. The molecule has 2 aromatic rings. The van der Waals surface area contributed by atoms with Gasteiger partial charge in [0.05, 0.1) is 30.0 Å². The van der Waals surface area contributed by atoms with Crippen molar-refractivity contribution in [2.75, 3.05) is 13.2 Å². The highest BCUT2D eigenvalue weighted by molar-refractivity contribution is 8.00. The summed E-state index contributed by atoms with van der Waals surface area (Å²) in [5, 5.41) is 23.1. The number of primary amides is 1. The van der Waals surface area contributed by atoms with Crippen molar-refractivity contribution >= 4 is 28.7 Å². The van der Waals surface area contributed by atoms with Crippen molar-refractivity contribution in [2.45, 2.75) is 36.5 Å². The Kier molecular flexibility index (Phi) is 6.28. The summed E-state index contributed by atoms with van der Waals surface area (Å²) in [5.74, 6) is -0.391. The molecule has 1 amide bonds.